The second-order valence-electron chi connectivity index (χ2n) is 6.79. The minimum Gasteiger partial charge on any atom is -0.439 e. The smallest absolute Gasteiger partial charge is 0.237 e. The zero-order chi connectivity index (χ0) is 22.7. The van der Waals surface area contributed by atoms with Crippen LogP contribution in [-0.4, -0.2) is 28.2 Å². The highest BCUT2D eigenvalue weighted by molar-refractivity contribution is 7.91. The lowest BCUT2D eigenvalue weighted by atomic mass is 10.2. The van der Waals surface area contributed by atoms with Crippen molar-refractivity contribution in [2.24, 2.45) is 0 Å². The van der Waals surface area contributed by atoms with Crippen LogP contribution in [0.25, 0.3) is 5.82 Å². The molecule has 2 heterocycles. The minimum absolute atomic E-state index is 0.241. The molecule has 0 aliphatic rings. The number of ether oxygens (including phenoxy) is 1. The molecule has 0 aliphatic heterocycles. The number of nitrogens with zero attached hydrogens (tertiary/aromatic N) is 4. The zero-order valence-corrected chi connectivity index (χ0v) is 17.6. The second-order valence-corrected chi connectivity index (χ2v) is 8.51. The van der Waals surface area contributed by atoms with E-state index in [-0.39, 0.29) is 17.1 Å². The molecule has 0 saturated heterocycles. The Labute approximate surface area is 182 Å². The number of hydrogen-bond acceptors (Lipinski definition) is 6. The number of aromatic nitrogens is 4. The van der Waals surface area contributed by atoms with Crippen molar-refractivity contribution in [3.63, 3.8) is 0 Å². The van der Waals surface area contributed by atoms with Gasteiger partial charge in [-0.1, -0.05) is 0 Å². The fourth-order valence-electron chi connectivity index (χ4n) is 2.89. The Balaban J connectivity index is 1.46. The molecule has 0 bridgehead atoms. The molecule has 8 nitrogen and oxygen atoms in total. The van der Waals surface area contributed by atoms with Crippen molar-refractivity contribution >= 4 is 15.7 Å². The third-order valence-corrected chi connectivity index (χ3v) is 5.48. The molecule has 11 heteroatoms. The van der Waals surface area contributed by atoms with E-state index in [9.17, 15) is 17.2 Å². The Kier molecular flexibility index (Phi) is 5.82. The van der Waals surface area contributed by atoms with Crippen LogP contribution in [0.3, 0.4) is 0 Å². The topological polar surface area (TPSA) is 99.0 Å². The fourth-order valence-corrected chi connectivity index (χ4v) is 4.08. The minimum atomic E-state index is -3.96. The summed E-state index contributed by atoms with van der Waals surface area (Å²) in [6.07, 6.45) is 3.36. The molecule has 0 unspecified atom stereocenters. The van der Waals surface area contributed by atoms with Gasteiger partial charge < -0.3 is 4.74 Å². The van der Waals surface area contributed by atoms with Gasteiger partial charge >= 0.3 is 0 Å². The van der Waals surface area contributed by atoms with Crippen molar-refractivity contribution in [2.45, 2.75) is 12.7 Å². The van der Waals surface area contributed by atoms with Crippen LogP contribution in [0.2, 0.25) is 0 Å². The Bertz CT molecular complexity index is 1340. The van der Waals surface area contributed by atoms with Crippen LogP contribution in [0.4, 0.5) is 14.5 Å². The van der Waals surface area contributed by atoms with Gasteiger partial charge in [0.1, 0.15) is 23.2 Å². The van der Waals surface area contributed by atoms with E-state index < -0.39 is 27.4 Å². The molecule has 0 spiro atoms. The second kappa shape index (κ2) is 8.71. The van der Waals surface area contributed by atoms with Gasteiger partial charge in [-0.2, -0.15) is 10.1 Å². The van der Waals surface area contributed by atoms with E-state index >= 15 is 0 Å². The van der Waals surface area contributed by atoms with Crippen molar-refractivity contribution in [3.05, 3.63) is 90.0 Å². The summed E-state index contributed by atoms with van der Waals surface area (Å²) >= 11 is 0. The van der Waals surface area contributed by atoms with E-state index in [4.69, 9.17) is 4.74 Å². The van der Waals surface area contributed by atoms with Crippen LogP contribution in [0.5, 0.6) is 11.6 Å². The molecule has 2 aromatic carbocycles. The van der Waals surface area contributed by atoms with Crippen molar-refractivity contribution in [1.29, 1.82) is 0 Å². The Morgan fingerprint density at radius 3 is 2.56 bits per heavy atom. The third-order valence-electron chi connectivity index (χ3n) is 4.24. The van der Waals surface area contributed by atoms with Crippen molar-refractivity contribution in [3.8, 4) is 17.4 Å². The maximum absolute atomic E-state index is 13.8. The Morgan fingerprint density at radius 2 is 1.84 bits per heavy atom. The summed E-state index contributed by atoms with van der Waals surface area (Å²) in [4.78, 5) is 8.53. The number of hydrogen-bond donors (Lipinski definition) is 1. The van der Waals surface area contributed by atoms with Crippen LogP contribution in [0.1, 0.15) is 11.4 Å². The number of sulfonamides is 1. The van der Waals surface area contributed by atoms with Crippen molar-refractivity contribution in [1.82, 2.24) is 19.7 Å². The average Bonchev–Trinajstić information content (AvgIpc) is 3.26. The third kappa shape index (κ3) is 5.24. The van der Waals surface area contributed by atoms with E-state index in [2.05, 4.69) is 19.8 Å². The van der Waals surface area contributed by atoms with Crippen LogP contribution >= 0.6 is 0 Å². The van der Waals surface area contributed by atoms with Gasteiger partial charge in [-0.05, 0) is 55.5 Å². The SMILES string of the molecule is Cc1nc(Oc2ccc(NS(=O)(=O)Cc3cc(F)ccc3F)cc2)cc(-n2cccn2)n1. The van der Waals surface area contributed by atoms with Gasteiger partial charge in [-0.25, -0.2) is 26.9 Å². The summed E-state index contributed by atoms with van der Waals surface area (Å²) in [6.45, 7) is 1.72. The highest BCUT2D eigenvalue weighted by atomic mass is 32.2. The van der Waals surface area contributed by atoms with Gasteiger partial charge in [0.15, 0.2) is 5.82 Å². The number of rotatable bonds is 7. The van der Waals surface area contributed by atoms with Gasteiger partial charge in [0.05, 0.1) is 5.75 Å². The first-order chi connectivity index (χ1) is 15.3. The number of aryl methyl sites for hydroxylation is 1. The van der Waals surface area contributed by atoms with Crippen LogP contribution in [-0.2, 0) is 15.8 Å². The summed E-state index contributed by atoms with van der Waals surface area (Å²) in [5.74, 6) is -0.491. The monoisotopic (exact) mass is 457 g/mol. The summed E-state index contributed by atoms with van der Waals surface area (Å²) in [6, 6.07) is 12.1. The van der Waals surface area contributed by atoms with Crippen LogP contribution < -0.4 is 9.46 Å². The lowest BCUT2D eigenvalue weighted by molar-refractivity contribution is 0.459. The lowest BCUT2D eigenvalue weighted by Crippen LogP contribution is -2.16. The van der Waals surface area contributed by atoms with E-state index in [0.717, 1.165) is 18.2 Å². The molecule has 0 aliphatic carbocycles. The predicted molar refractivity (Wildman–Crippen MR) is 113 cm³/mol. The quantitative estimate of drug-likeness (QED) is 0.451. The molecule has 0 fully saturated rings. The van der Waals surface area contributed by atoms with Crippen LogP contribution in [0, 0.1) is 18.6 Å². The average molecular weight is 457 g/mol. The number of benzene rings is 2. The van der Waals surface area contributed by atoms with E-state index in [1.807, 2.05) is 0 Å². The molecule has 4 rings (SSSR count). The Morgan fingerprint density at radius 1 is 1.06 bits per heavy atom. The van der Waals surface area contributed by atoms with Gasteiger partial charge in [0.2, 0.25) is 15.9 Å². The molecule has 4 aromatic rings. The number of halogens is 2. The highest BCUT2D eigenvalue weighted by Gasteiger charge is 2.16. The molecule has 0 radical (unpaired) electrons. The number of anilines is 1. The standard InChI is InChI=1S/C21H17F2N5O3S/c1-14-25-20(28-10-2-9-24-28)12-21(26-14)31-18-6-4-17(5-7-18)27-32(29,30)13-15-11-16(22)3-8-19(15)23/h2-12,27H,13H2,1H3. The van der Waals surface area contributed by atoms with Gasteiger partial charge in [-0.3, -0.25) is 4.72 Å². The van der Waals surface area contributed by atoms with Crippen LogP contribution in [0.15, 0.2) is 67.0 Å². The van der Waals surface area contributed by atoms with Gasteiger partial charge in [-0.15, -0.1) is 0 Å². The molecule has 1 N–H and O–H groups in total. The lowest BCUT2D eigenvalue weighted by Gasteiger charge is -2.11. The normalized spacial score (nSPS) is 11.3. The molecule has 2 aromatic heterocycles. The Hall–Kier alpha value is -3.86. The molecular formula is C21H17F2N5O3S. The first-order valence-corrected chi connectivity index (χ1v) is 11.0. The fraction of sp³-hybridized carbons (Fsp3) is 0.0952. The van der Waals surface area contributed by atoms with Crippen molar-refractivity contribution in [2.75, 3.05) is 4.72 Å². The maximum Gasteiger partial charge on any atom is 0.237 e. The molecular weight excluding hydrogens is 440 g/mol. The number of nitrogens with one attached hydrogen (secondary N) is 1. The van der Waals surface area contributed by atoms with E-state index in [1.54, 1.807) is 48.3 Å². The first kappa shape index (κ1) is 21.4. The first-order valence-electron chi connectivity index (χ1n) is 9.35. The molecule has 0 saturated carbocycles. The largest absolute Gasteiger partial charge is 0.439 e. The molecule has 32 heavy (non-hydrogen) atoms. The van der Waals surface area contributed by atoms with Gasteiger partial charge in [0.25, 0.3) is 0 Å². The highest BCUT2D eigenvalue weighted by Crippen LogP contribution is 2.24. The molecule has 0 atom stereocenters. The van der Waals surface area contributed by atoms with Crippen molar-refractivity contribution < 1.29 is 21.9 Å². The summed E-state index contributed by atoms with van der Waals surface area (Å²) in [5.41, 5.74) is -0.0187. The zero-order valence-electron chi connectivity index (χ0n) is 16.7. The van der Waals surface area contributed by atoms with E-state index in [1.165, 1.54) is 12.1 Å². The van der Waals surface area contributed by atoms with E-state index in [0.29, 0.717) is 17.4 Å². The molecule has 0 amide bonds. The maximum atomic E-state index is 13.8. The summed E-state index contributed by atoms with van der Waals surface area (Å²) in [5, 5.41) is 4.12. The predicted octanol–water partition coefficient (Wildman–Crippen LogP) is 3.98. The summed E-state index contributed by atoms with van der Waals surface area (Å²) < 4.78 is 61.4. The van der Waals surface area contributed by atoms with Gasteiger partial charge in [0, 0.05) is 29.7 Å². The molecule has 164 valence electrons. The summed E-state index contributed by atoms with van der Waals surface area (Å²) in [7, 11) is -3.96.